The van der Waals surface area contributed by atoms with Crippen LogP contribution in [0.4, 0.5) is 13.2 Å². The molecule has 0 amide bonds. The Morgan fingerprint density at radius 2 is 2.24 bits per heavy atom. The molecule has 2 rings (SSSR count). The largest absolute Gasteiger partial charge is 0.573 e. The second kappa shape index (κ2) is 6.64. The van der Waals surface area contributed by atoms with Crippen molar-refractivity contribution in [3.63, 3.8) is 0 Å². The molecule has 1 aliphatic rings. The maximum absolute atomic E-state index is 12.3. The topological polar surface area (TPSA) is 56.5 Å². The van der Waals surface area contributed by atoms with E-state index in [9.17, 15) is 13.2 Å². The number of alkyl halides is 3. The molecule has 0 spiro atoms. The summed E-state index contributed by atoms with van der Waals surface area (Å²) in [6.45, 7) is 2.65. The van der Waals surface area contributed by atoms with Crippen LogP contribution in [0.3, 0.4) is 0 Å². The zero-order valence-electron chi connectivity index (χ0n) is 11.7. The van der Waals surface area contributed by atoms with Gasteiger partial charge in [-0.2, -0.15) is 0 Å². The second-order valence-corrected chi connectivity index (χ2v) is 5.03. The first-order chi connectivity index (χ1) is 9.94. The number of hydrogen-bond acceptors (Lipinski definition) is 4. The molecule has 0 saturated carbocycles. The molecular weight excluding hydrogens is 285 g/mol. The van der Waals surface area contributed by atoms with E-state index in [2.05, 4.69) is 10.2 Å². The van der Waals surface area contributed by atoms with Crippen LogP contribution in [0.25, 0.3) is 0 Å². The van der Waals surface area contributed by atoms with Crippen molar-refractivity contribution >= 4 is 0 Å². The second-order valence-electron chi connectivity index (χ2n) is 5.03. The molecule has 1 aliphatic heterocycles. The van der Waals surface area contributed by atoms with Crippen molar-refractivity contribution < 1.29 is 22.6 Å². The summed E-state index contributed by atoms with van der Waals surface area (Å²) < 4.78 is 46.4. The van der Waals surface area contributed by atoms with Gasteiger partial charge < -0.3 is 9.47 Å². The van der Waals surface area contributed by atoms with E-state index in [0.717, 1.165) is 12.8 Å². The maximum Gasteiger partial charge on any atom is 0.573 e. The molecule has 0 aliphatic carbocycles. The minimum absolute atomic E-state index is 0.0539. The van der Waals surface area contributed by atoms with E-state index in [0.29, 0.717) is 12.2 Å². The van der Waals surface area contributed by atoms with E-state index in [1.807, 2.05) is 6.92 Å². The predicted molar refractivity (Wildman–Crippen MR) is 71.3 cm³/mol. The van der Waals surface area contributed by atoms with Crippen molar-refractivity contribution in [1.29, 1.82) is 0 Å². The fraction of sp³-hybridized carbons (Fsp3) is 0.571. The molecule has 0 bridgehead atoms. The van der Waals surface area contributed by atoms with Gasteiger partial charge in [0.25, 0.3) is 0 Å². The summed E-state index contributed by atoms with van der Waals surface area (Å²) in [6.07, 6.45) is -3.00. The molecule has 118 valence electrons. The summed E-state index contributed by atoms with van der Waals surface area (Å²) in [5.41, 5.74) is 3.36. The molecular formula is C14H19F3N2O2. The Bertz CT molecular complexity index is 468. The van der Waals surface area contributed by atoms with E-state index < -0.39 is 6.36 Å². The van der Waals surface area contributed by atoms with E-state index in [4.69, 9.17) is 10.6 Å². The Hall–Kier alpha value is -1.31. The fourth-order valence-corrected chi connectivity index (χ4v) is 2.84. The van der Waals surface area contributed by atoms with Crippen molar-refractivity contribution in [3.8, 4) is 5.75 Å². The van der Waals surface area contributed by atoms with Crippen LogP contribution < -0.4 is 16.0 Å². The third-order valence-electron chi connectivity index (χ3n) is 3.72. The lowest BCUT2D eigenvalue weighted by Gasteiger charge is -2.27. The molecule has 1 fully saturated rings. The van der Waals surface area contributed by atoms with Crippen LogP contribution in [-0.4, -0.2) is 19.1 Å². The van der Waals surface area contributed by atoms with Crippen molar-refractivity contribution in [3.05, 3.63) is 29.8 Å². The Labute approximate surface area is 121 Å². The molecule has 4 nitrogen and oxygen atoms in total. The Kier molecular flexibility index (Phi) is 5.08. The van der Waals surface area contributed by atoms with E-state index >= 15 is 0 Å². The third kappa shape index (κ3) is 4.09. The van der Waals surface area contributed by atoms with Gasteiger partial charge in [0, 0.05) is 12.5 Å². The number of hydrogen-bond donors (Lipinski definition) is 2. The molecule has 21 heavy (non-hydrogen) atoms. The van der Waals surface area contributed by atoms with Crippen molar-refractivity contribution in [2.75, 3.05) is 6.61 Å². The Balaban J connectivity index is 2.20. The quantitative estimate of drug-likeness (QED) is 0.649. The number of ether oxygens (including phenoxy) is 2. The number of nitrogens with two attached hydrogens (primary N) is 1. The summed E-state index contributed by atoms with van der Waals surface area (Å²) in [6, 6.07) is 5.63. The van der Waals surface area contributed by atoms with Crippen LogP contribution in [0.2, 0.25) is 0 Å². The highest BCUT2D eigenvalue weighted by Gasteiger charge is 2.35. The third-order valence-corrected chi connectivity index (χ3v) is 3.72. The van der Waals surface area contributed by atoms with Gasteiger partial charge in [-0.15, -0.1) is 13.2 Å². The van der Waals surface area contributed by atoms with Gasteiger partial charge in [0.15, 0.2) is 0 Å². The zero-order valence-corrected chi connectivity index (χ0v) is 11.7. The average molecular weight is 304 g/mol. The Morgan fingerprint density at radius 1 is 1.48 bits per heavy atom. The molecule has 3 unspecified atom stereocenters. The van der Waals surface area contributed by atoms with E-state index in [1.54, 1.807) is 6.07 Å². The molecule has 1 saturated heterocycles. The lowest BCUT2D eigenvalue weighted by Crippen LogP contribution is -2.36. The summed E-state index contributed by atoms with van der Waals surface area (Å²) >= 11 is 0. The van der Waals surface area contributed by atoms with Crippen molar-refractivity contribution in [2.45, 2.75) is 38.3 Å². The predicted octanol–water partition coefficient (Wildman–Crippen LogP) is 2.90. The van der Waals surface area contributed by atoms with E-state index in [-0.39, 0.29) is 23.8 Å². The summed E-state index contributed by atoms with van der Waals surface area (Å²) in [4.78, 5) is 0. The van der Waals surface area contributed by atoms with Crippen LogP contribution in [0, 0.1) is 5.92 Å². The highest BCUT2D eigenvalue weighted by atomic mass is 19.4. The molecule has 7 heteroatoms. The molecule has 0 radical (unpaired) electrons. The van der Waals surface area contributed by atoms with E-state index in [1.165, 1.54) is 18.2 Å². The highest BCUT2D eigenvalue weighted by molar-refractivity contribution is 5.31. The number of benzene rings is 1. The molecule has 0 aromatic heterocycles. The first-order valence-electron chi connectivity index (χ1n) is 6.88. The average Bonchev–Trinajstić information content (AvgIpc) is 2.86. The van der Waals surface area contributed by atoms with Gasteiger partial charge in [-0.1, -0.05) is 19.1 Å². The minimum atomic E-state index is -4.70. The molecule has 3 atom stereocenters. The van der Waals surface area contributed by atoms with Gasteiger partial charge >= 0.3 is 6.36 Å². The van der Waals surface area contributed by atoms with Crippen LogP contribution in [-0.2, 0) is 4.74 Å². The monoisotopic (exact) mass is 304 g/mol. The van der Waals surface area contributed by atoms with Gasteiger partial charge in [-0.05, 0) is 30.5 Å². The summed E-state index contributed by atoms with van der Waals surface area (Å²) in [7, 11) is 0. The first kappa shape index (κ1) is 16.1. The van der Waals surface area contributed by atoms with Crippen LogP contribution in [0.5, 0.6) is 5.75 Å². The lowest BCUT2D eigenvalue weighted by atomic mass is 9.87. The normalized spacial score (nSPS) is 24.0. The lowest BCUT2D eigenvalue weighted by molar-refractivity contribution is -0.274. The summed E-state index contributed by atoms with van der Waals surface area (Å²) in [5.74, 6) is 5.49. The van der Waals surface area contributed by atoms with Gasteiger partial charge in [0.1, 0.15) is 5.75 Å². The zero-order chi connectivity index (χ0) is 15.5. The van der Waals surface area contributed by atoms with Crippen LogP contribution >= 0.6 is 0 Å². The number of halogens is 3. The molecule has 1 aromatic rings. The fourth-order valence-electron chi connectivity index (χ4n) is 2.84. The molecule has 1 aromatic carbocycles. The molecule has 1 heterocycles. The number of nitrogens with one attached hydrogen (secondary N) is 1. The smallest absolute Gasteiger partial charge is 0.406 e. The molecule has 3 N–H and O–H groups in total. The maximum atomic E-state index is 12.3. The SMILES string of the molecule is CCC1OCCC1C(NN)c1cccc(OC(F)(F)F)c1. The highest BCUT2D eigenvalue weighted by Crippen LogP contribution is 2.36. The summed E-state index contributed by atoms with van der Waals surface area (Å²) in [5, 5.41) is 0. The van der Waals surface area contributed by atoms with Crippen LogP contribution in [0.15, 0.2) is 24.3 Å². The van der Waals surface area contributed by atoms with Crippen molar-refractivity contribution in [2.24, 2.45) is 11.8 Å². The van der Waals surface area contributed by atoms with Crippen molar-refractivity contribution in [1.82, 2.24) is 5.43 Å². The van der Waals surface area contributed by atoms with Gasteiger partial charge in [0.05, 0.1) is 12.1 Å². The van der Waals surface area contributed by atoms with Crippen LogP contribution in [0.1, 0.15) is 31.4 Å². The number of rotatable bonds is 5. The standard InChI is InChI=1S/C14H19F3N2O2/c1-2-12-11(6-7-20-12)13(19-18)9-4-3-5-10(8-9)21-14(15,16)17/h3-5,8,11-13,19H,2,6-7,18H2,1H3. The van der Waals surface area contributed by atoms with Gasteiger partial charge in [0.2, 0.25) is 0 Å². The number of hydrazine groups is 1. The minimum Gasteiger partial charge on any atom is -0.406 e. The van der Waals surface area contributed by atoms with Gasteiger partial charge in [-0.3, -0.25) is 11.3 Å². The Morgan fingerprint density at radius 3 is 2.86 bits per heavy atom. The first-order valence-corrected chi connectivity index (χ1v) is 6.88. The van der Waals surface area contributed by atoms with Gasteiger partial charge in [-0.25, -0.2) is 0 Å².